The number of carbonyl (C=O) groups is 2. The maximum Gasteiger partial charge on any atom is 0.472 e. The van der Waals surface area contributed by atoms with E-state index >= 15 is 0 Å². The topological polar surface area (TPSA) is 108 Å². The van der Waals surface area contributed by atoms with E-state index in [1.54, 1.807) is 0 Å². The highest BCUT2D eigenvalue weighted by Crippen LogP contribution is 2.43. The lowest BCUT2D eigenvalue weighted by Gasteiger charge is -2.24. The summed E-state index contributed by atoms with van der Waals surface area (Å²) < 4.78 is 34.3. The first-order valence-electron chi connectivity index (χ1n) is 23.4. The Labute approximate surface area is 356 Å². The lowest BCUT2D eigenvalue weighted by Crippen LogP contribution is -2.37. The van der Waals surface area contributed by atoms with Crippen LogP contribution in [0, 0.1) is 0 Å². The van der Waals surface area contributed by atoms with Gasteiger partial charge in [0.1, 0.15) is 19.8 Å². The number of phosphoric ester groups is 1. The van der Waals surface area contributed by atoms with E-state index in [1.165, 1.54) is 103 Å². The normalized spacial score (nSPS) is 14.0. The van der Waals surface area contributed by atoms with Gasteiger partial charge < -0.3 is 18.9 Å². The fourth-order valence-electron chi connectivity index (χ4n) is 6.20. The second-order valence-electron chi connectivity index (χ2n) is 16.8. The quantitative estimate of drug-likeness (QED) is 0.0213. The van der Waals surface area contributed by atoms with Gasteiger partial charge in [-0.1, -0.05) is 159 Å². The number of esters is 2. The Morgan fingerprint density at radius 2 is 0.983 bits per heavy atom. The molecule has 2 atom stereocenters. The first kappa shape index (κ1) is 56.0. The van der Waals surface area contributed by atoms with Crippen LogP contribution in [0.15, 0.2) is 48.6 Å². The molecule has 0 radical (unpaired) electrons. The number of hydrogen-bond acceptors (Lipinski definition) is 7. The maximum atomic E-state index is 12.7. The van der Waals surface area contributed by atoms with E-state index in [1.807, 2.05) is 21.1 Å². The average molecular weight is 839 g/mol. The monoisotopic (exact) mass is 839 g/mol. The standard InChI is InChI=1S/C48H88NO8P/c1-6-8-10-12-14-16-18-20-21-22-23-24-25-26-27-29-30-32-34-36-38-40-47(50)54-44-46(45-56-58(52,53)55-43-42-49(3,4)5)57-48(51)41-39-37-35-33-31-28-19-17-15-13-11-9-7-2/h9,11,15,17,22-23,28,31,46H,6-8,10,12-14,16,18-21,24-27,29-30,32-45H2,1-5H3/p+1/b11-9-,17-15-,23-22-,31-28-. The van der Waals surface area contributed by atoms with Crippen molar-refractivity contribution in [2.45, 2.75) is 200 Å². The Hall–Kier alpha value is -2.03. The zero-order chi connectivity index (χ0) is 42.8. The number of quaternary nitrogens is 1. The molecule has 0 saturated heterocycles. The molecule has 0 aromatic rings. The zero-order valence-corrected chi connectivity index (χ0v) is 38.9. The van der Waals surface area contributed by atoms with Crippen LogP contribution in [-0.2, 0) is 32.7 Å². The van der Waals surface area contributed by atoms with Crippen LogP contribution in [0.5, 0.6) is 0 Å². The first-order valence-corrected chi connectivity index (χ1v) is 24.9. The summed E-state index contributed by atoms with van der Waals surface area (Å²) in [6.45, 7) is 4.27. The molecule has 2 unspecified atom stereocenters. The van der Waals surface area contributed by atoms with Crippen molar-refractivity contribution in [3.05, 3.63) is 48.6 Å². The van der Waals surface area contributed by atoms with E-state index in [-0.39, 0.29) is 32.0 Å². The van der Waals surface area contributed by atoms with Crippen LogP contribution in [0.3, 0.4) is 0 Å². The molecule has 10 heteroatoms. The molecule has 0 aliphatic heterocycles. The predicted molar refractivity (Wildman–Crippen MR) is 243 cm³/mol. The van der Waals surface area contributed by atoms with Crippen LogP contribution >= 0.6 is 7.82 Å². The van der Waals surface area contributed by atoms with Crippen molar-refractivity contribution in [1.82, 2.24) is 0 Å². The highest BCUT2D eigenvalue weighted by molar-refractivity contribution is 7.47. The van der Waals surface area contributed by atoms with Gasteiger partial charge in [-0.15, -0.1) is 0 Å². The fraction of sp³-hybridized carbons (Fsp3) is 0.792. The minimum Gasteiger partial charge on any atom is -0.462 e. The molecule has 0 amide bonds. The molecule has 0 aliphatic carbocycles. The summed E-state index contributed by atoms with van der Waals surface area (Å²) in [5.41, 5.74) is 0. The fourth-order valence-corrected chi connectivity index (χ4v) is 6.94. The smallest absolute Gasteiger partial charge is 0.462 e. The van der Waals surface area contributed by atoms with Crippen LogP contribution in [0.25, 0.3) is 0 Å². The molecule has 0 fully saturated rings. The number of carbonyl (C=O) groups excluding carboxylic acids is 2. The third-order valence-electron chi connectivity index (χ3n) is 9.84. The summed E-state index contributed by atoms with van der Waals surface area (Å²) in [5, 5.41) is 0. The van der Waals surface area contributed by atoms with Gasteiger partial charge in [-0.05, 0) is 70.6 Å². The lowest BCUT2D eigenvalue weighted by atomic mass is 10.1. The minimum atomic E-state index is -4.38. The lowest BCUT2D eigenvalue weighted by molar-refractivity contribution is -0.870. The van der Waals surface area contributed by atoms with Crippen LogP contribution in [0.1, 0.15) is 194 Å². The third-order valence-corrected chi connectivity index (χ3v) is 10.8. The minimum absolute atomic E-state index is 0.0244. The molecule has 9 nitrogen and oxygen atoms in total. The second kappa shape index (κ2) is 40.4. The third kappa shape index (κ3) is 43.5. The van der Waals surface area contributed by atoms with Crippen molar-refractivity contribution in [3.8, 4) is 0 Å². The number of unbranched alkanes of at least 4 members (excludes halogenated alkanes) is 20. The van der Waals surface area contributed by atoms with E-state index in [0.29, 0.717) is 17.4 Å². The largest absolute Gasteiger partial charge is 0.472 e. The van der Waals surface area contributed by atoms with Gasteiger partial charge in [0.15, 0.2) is 6.10 Å². The summed E-state index contributed by atoms with van der Waals surface area (Å²) in [4.78, 5) is 35.4. The summed E-state index contributed by atoms with van der Waals surface area (Å²) >= 11 is 0. The van der Waals surface area contributed by atoms with E-state index in [2.05, 4.69) is 62.5 Å². The maximum absolute atomic E-state index is 12.7. The van der Waals surface area contributed by atoms with Crippen LogP contribution in [0.2, 0.25) is 0 Å². The van der Waals surface area contributed by atoms with Crippen molar-refractivity contribution >= 4 is 19.8 Å². The van der Waals surface area contributed by atoms with Crippen molar-refractivity contribution in [1.29, 1.82) is 0 Å². The Morgan fingerprint density at radius 1 is 0.552 bits per heavy atom. The average Bonchev–Trinajstić information content (AvgIpc) is 3.17. The highest BCUT2D eigenvalue weighted by atomic mass is 31.2. The second-order valence-corrected chi connectivity index (χ2v) is 18.2. The first-order chi connectivity index (χ1) is 28.0. The van der Waals surface area contributed by atoms with Crippen molar-refractivity contribution in [2.75, 3.05) is 47.5 Å². The van der Waals surface area contributed by atoms with Crippen molar-refractivity contribution in [3.63, 3.8) is 0 Å². The van der Waals surface area contributed by atoms with Gasteiger partial charge in [-0.3, -0.25) is 18.6 Å². The van der Waals surface area contributed by atoms with Gasteiger partial charge in [-0.25, -0.2) is 4.57 Å². The molecule has 0 spiro atoms. The van der Waals surface area contributed by atoms with Crippen LogP contribution in [0.4, 0.5) is 0 Å². The highest BCUT2D eigenvalue weighted by Gasteiger charge is 2.27. The van der Waals surface area contributed by atoms with Gasteiger partial charge >= 0.3 is 19.8 Å². The number of likely N-dealkylation sites (N-methyl/N-ethyl adjacent to an activating group) is 1. The van der Waals surface area contributed by atoms with Gasteiger partial charge in [0.05, 0.1) is 27.7 Å². The Kier molecular flexibility index (Phi) is 39.0. The molecule has 0 rings (SSSR count). The molecule has 0 aromatic heterocycles. The molecule has 0 saturated carbocycles. The van der Waals surface area contributed by atoms with Crippen molar-refractivity contribution < 1.29 is 42.1 Å². The van der Waals surface area contributed by atoms with E-state index in [4.69, 9.17) is 18.5 Å². The van der Waals surface area contributed by atoms with Crippen molar-refractivity contribution in [2.24, 2.45) is 0 Å². The number of ether oxygens (including phenoxy) is 2. The number of nitrogens with zero attached hydrogens (tertiary/aromatic N) is 1. The predicted octanol–water partition coefficient (Wildman–Crippen LogP) is 13.5. The summed E-state index contributed by atoms with van der Waals surface area (Å²) in [5.74, 6) is -0.835. The van der Waals surface area contributed by atoms with Gasteiger partial charge in [-0.2, -0.15) is 0 Å². The molecular formula is C48H89NO8P+. The molecule has 0 aromatic carbocycles. The van der Waals surface area contributed by atoms with E-state index in [9.17, 15) is 19.0 Å². The summed E-state index contributed by atoms with van der Waals surface area (Å²) in [6.07, 6.45) is 47.4. The number of allylic oxidation sites excluding steroid dienone is 8. The Morgan fingerprint density at radius 3 is 1.50 bits per heavy atom. The summed E-state index contributed by atoms with van der Waals surface area (Å²) in [7, 11) is 1.45. The molecule has 0 bridgehead atoms. The van der Waals surface area contributed by atoms with Crippen LogP contribution < -0.4 is 0 Å². The molecule has 58 heavy (non-hydrogen) atoms. The number of hydrogen-bond donors (Lipinski definition) is 1. The SMILES string of the molecule is CC/C=C\C/C=C\C/C=C\CCCCCC(=O)OC(COC(=O)CCCCCCCCCCC/C=C\CCCCCCCCCC)COP(=O)(O)OCC[N+](C)(C)C. The van der Waals surface area contributed by atoms with Gasteiger partial charge in [0.25, 0.3) is 0 Å². The van der Waals surface area contributed by atoms with Gasteiger partial charge in [0, 0.05) is 12.8 Å². The molecular weight excluding hydrogens is 750 g/mol. The molecule has 0 heterocycles. The zero-order valence-electron chi connectivity index (χ0n) is 38.0. The molecule has 0 aliphatic rings. The van der Waals surface area contributed by atoms with Gasteiger partial charge in [0.2, 0.25) is 0 Å². The molecule has 338 valence electrons. The Bertz CT molecular complexity index is 1130. The van der Waals surface area contributed by atoms with E-state index in [0.717, 1.165) is 57.8 Å². The number of rotatable bonds is 42. The van der Waals surface area contributed by atoms with E-state index < -0.39 is 26.5 Å². The van der Waals surface area contributed by atoms with Crippen LogP contribution in [-0.4, -0.2) is 74.9 Å². The summed E-state index contributed by atoms with van der Waals surface area (Å²) in [6, 6.07) is 0. The molecule has 1 N–H and O–H groups in total. The Balaban J connectivity index is 4.28. The number of phosphoric acid groups is 1.